The van der Waals surface area contributed by atoms with Gasteiger partial charge in [0.1, 0.15) is 12.1 Å². The lowest BCUT2D eigenvalue weighted by Crippen LogP contribution is -2.38. The highest BCUT2D eigenvalue weighted by Gasteiger charge is 2.27. The van der Waals surface area contributed by atoms with Crippen LogP contribution < -0.4 is 5.32 Å². The van der Waals surface area contributed by atoms with Crippen molar-refractivity contribution in [3.8, 4) is 0 Å². The van der Waals surface area contributed by atoms with E-state index in [1.807, 2.05) is 0 Å². The number of rotatable bonds is 11. The molecule has 2 N–H and O–H groups in total. The summed E-state index contributed by atoms with van der Waals surface area (Å²) >= 11 is 0. The summed E-state index contributed by atoms with van der Waals surface area (Å²) in [7, 11) is 1.30. The van der Waals surface area contributed by atoms with Crippen molar-refractivity contribution in [2.75, 3.05) is 48.2 Å². The van der Waals surface area contributed by atoms with Crippen LogP contribution >= 0.6 is 7.82 Å². The van der Waals surface area contributed by atoms with Gasteiger partial charge in [-0.1, -0.05) is 0 Å². The number of likely N-dealkylation sites (N-methyl/N-ethyl adjacent to an activating group) is 1. The molecule has 3 unspecified atom stereocenters. The molecule has 20 heavy (non-hydrogen) atoms. The van der Waals surface area contributed by atoms with Crippen molar-refractivity contribution in [1.29, 1.82) is 0 Å². The van der Waals surface area contributed by atoms with Crippen molar-refractivity contribution in [1.82, 2.24) is 5.32 Å². The molecule has 0 aliphatic rings. The number of esters is 1. The summed E-state index contributed by atoms with van der Waals surface area (Å²) < 4.78 is 35.3. The first-order chi connectivity index (χ1) is 9.40. The number of carbonyl (C=O) groups excluding carboxylic acids is 1. The van der Waals surface area contributed by atoms with Crippen molar-refractivity contribution in [2.24, 2.45) is 0 Å². The Morgan fingerprint density at radius 3 is 2.25 bits per heavy atom. The molecular formula is C10H22NO8P. The first-order valence-corrected chi connectivity index (χ1v) is 7.28. The molecule has 0 spiro atoms. The molecule has 10 heteroatoms. The second kappa shape index (κ2) is 10.2. The molecule has 3 atom stereocenters. The van der Waals surface area contributed by atoms with E-state index in [0.717, 1.165) is 0 Å². The molecule has 120 valence electrons. The Balaban J connectivity index is 4.23. The van der Waals surface area contributed by atoms with E-state index in [1.54, 1.807) is 0 Å². The van der Waals surface area contributed by atoms with Gasteiger partial charge in [-0.25, -0.2) is 4.57 Å². The molecule has 0 radical (unpaired) electrons. The zero-order valence-corrected chi connectivity index (χ0v) is 12.9. The maximum atomic E-state index is 11.6. The molecule has 9 nitrogen and oxygen atoms in total. The monoisotopic (exact) mass is 315 g/mol. The molecule has 0 aliphatic carbocycles. The van der Waals surface area contributed by atoms with Gasteiger partial charge in [0.25, 0.3) is 0 Å². The van der Waals surface area contributed by atoms with E-state index in [0.29, 0.717) is 0 Å². The molecule has 0 aliphatic heterocycles. The highest BCUT2D eigenvalue weighted by molar-refractivity contribution is 7.47. The van der Waals surface area contributed by atoms with Gasteiger partial charge in [-0.2, -0.15) is 0 Å². The smallest absolute Gasteiger partial charge is 0.468 e. The lowest BCUT2D eigenvalue weighted by molar-refractivity contribution is -0.143. The minimum Gasteiger partial charge on any atom is -0.468 e. The van der Waals surface area contributed by atoms with Gasteiger partial charge in [0.15, 0.2) is 0 Å². The Labute approximate surface area is 118 Å². The topological polar surface area (TPSA) is 113 Å². The number of ether oxygens (including phenoxy) is 3. The first-order valence-electron chi connectivity index (χ1n) is 5.78. The van der Waals surface area contributed by atoms with Crippen LogP contribution in [0.5, 0.6) is 0 Å². The molecular weight excluding hydrogens is 293 g/mol. The first kappa shape index (κ1) is 19.5. The molecule has 0 amide bonds. The van der Waals surface area contributed by atoms with Crippen LogP contribution in [0.15, 0.2) is 0 Å². The van der Waals surface area contributed by atoms with Crippen LogP contribution in [0.4, 0.5) is 0 Å². The van der Waals surface area contributed by atoms with Crippen LogP contribution in [-0.2, 0) is 32.6 Å². The van der Waals surface area contributed by atoms with E-state index in [2.05, 4.69) is 10.1 Å². The predicted octanol–water partition coefficient (Wildman–Crippen LogP) is -0.458. The van der Waals surface area contributed by atoms with Crippen LogP contribution in [0.3, 0.4) is 0 Å². The van der Waals surface area contributed by atoms with Gasteiger partial charge in [0, 0.05) is 14.2 Å². The summed E-state index contributed by atoms with van der Waals surface area (Å²) in [6.45, 7) is -0.336. The van der Waals surface area contributed by atoms with Gasteiger partial charge in [-0.15, -0.1) is 0 Å². The summed E-state index contributed by atoms with van der Waals surface area (Å²) in [6, 6.07) is -0.860. The van der Waals surface area contributed by atoms with Crippen LogP contribution in [-0.4, -0.2) is 71.2 Å². The number of phosphoric ester groups is 1. The third kappa shape index (κ3) is 7.91. The van der Waals surface area contributed by atoms with Crippen LogP contribution in [0, 0.1) is 0 Å². The fourth-order valence-electron chi connectivity index (χ4n) is 1.16. The normalized spacial score (nSPS) is 17.2. The summed E-state index contributed by atoms with van der Waals surface area (Å²) in [5.74, 6) is -0.610. The number of methoxy groups -OCH3 is 3. The van der Waals surface area contributed by atoms with E-state index >= 15 is 0 Å². The summed E-state index contributed by atoms with van der Waals surface area (Å²) in [6.07, 6.45) is -0.496. The lowest BCUT2D eigenvalue weighted by atomic mass is 10.3. The highest BCUT2D eigenvalue weighted by Crippen LogP contribution is 2.43. The zero-order chi connectivity index (χ0) is 15.6. The number of nitrogens with one attached hydrogen (secondary N) is 1. The number of hydrogen-bond acceptors (Lipinski definition) is 8. The van der Waals surface area contributed by atoms with E-state index < -0.39 is 25.9 Å². The van der Waals surface area contributed by atoms with Crippen LogP contribution in [0.2, 0.25) is 0 Å². The third-order valence-electron chi connectivity index (χ3n) is 2.35. The summed E-state index contributed by atoms with van der Waals surface area (Å²) in [5.41, 5.74) is 0. The van der Waals surface area contributed by atoms with Gasteiger partial charge in [0.2, 0.25) is 0 Å². The molecule has 0 saturated heterocycles. The SMILES string of the molecule is CNC(COP(=O)(O)OCC(COC)OC)C(=O)OC. The van der Waals surface area contributed by atoms with Crippen LogP contribution in [0.25, 0.3) is 0 Å². The molecule has 0 aromatic rings. The van der Waals surface area contributed by atoms with Crippen molar-refractivity contribution in [2.45, 2.75) is 12.1 Å². The molecule has 0 heterocycles. The Kier molecular flexibility index (Phi) is 9.95. The average molecular weight is 315 g/mol. The summed E-state index contributed by atoms with van der Waals surface area (Å²) in [5, 5.41) is 2.59. The fraction of sp³-hybridized carbons (Fsp3) is 0.900. The summed E-state index contributed by atoms with van der Waals surface area (Å²) in [4.78, 5) is 20.7. The minimum atomic E-state index is -4.28. The van der Waals surface area contributed by atoms with Gasteiger partial charge < -0.3 is 24.4 Å². The highest BCUT2D eigenvalue weighted by atomic mass is 31.2. The average Bonchev–Trinajstić information content (AvgIpc) is 2.43. The Hall–Kier alpha value is -0.540. The largest absolute Gasteiger partial charge is 0.472 e. The molecule has 0 fully saturated rings. The maximum absolute atomic E-state index is 11.6. The molecule has 0 aromatic carbocycles. The van der Waals surface area contributed by atoms with Gasteiger partial charge >= 0.3 is 13.8 Å². The lowest BCUT2D eigenvalue weighted by Gasteiger charge is -2.19. The minimum absolute atomic E-state index is 0.180. The van der Waals surface area contributed by atoms with Crippen molar-refractivity contribution >= 4 is 13.8 Å². The van der Waals surface area contributed by atoms with E-state index in [4.69, 9.17) is 18.5 Å². The van der Waals surface area contributed by atoms with Crippen molar-refractivity contribution < 1.29 is 37.5 Å². The van der Waals surface area contributed by atoms with Crippen molar-refractivity contribution in [3.05, 3.63) is 0 Å². The standard InChI is InChI=1S/C10H22NO8P/c1-11-9(10(12)17-4)7-19-20(13,14)18-6-8(16-3)5-15-2/h8-9,11H,5-7H2,1-4H3,(H,13,14). The predicted molar refractivity (Wildman–Crippen MR) is 69.3 cm³/mol. The second-order valence-corrected chi connectivity index (χ2v) is 5.19. The Bertz CT molecular complexity index is 326. The molecule has 0 bridgehead atoms. The van der Waals surface area contributed by atoms with E-state index in [9.17, 15) is 14.3 Å². The Morgan fingerprint density at radius 1 is 1.20 bits per heavy atom. The zero-order valence-electron chi connectivity index (χ0n) is 12.0. The number of phosphoric acid groups is 1. The third-order valence-corrected chi connectivity index (χ3v) is 3.30. The van der Waals surface area contributed by atoms with Crippen LogP contribution in [0.1, 0.15) is 0 Å². The fourth-order valence-corrected chi connectivity index (χ4v) is 1.93. The Morgan fingerprint density at radius 2 is 1.80 bits per heavy atom. The number of hydrogen-bond donors (Lipinski definition) is 2. The quantitative estimate of drug-likeness (QED) is 0.386. The van der Waals surface area contributed by atoms with Gasteiger partial charge in [0.05, 0.1) is 26.9 Å². The van der Waals surface area contributed by atoms with E-state index in [1.165, 1.54) is 28.4 Å². The van der Waals surface area contributed by atoms with Gasteiger partial charge in [-0.05, 0) is 7.05 Å². The molecule has 0 rings (SSSR count). The second-order valence-electron chi connectivity index (χ2n) is 3.74. The van der Waals surface area contributed by atoms with E-state index in [-0.39, 0.29) is 19.8 Å². The molecule has 0 aromatic heterocycles. The maximum Gasteiger partial charge on any atom is 0.472 e. The van der Waals surface area contributed by atoms with Crippen molar-refractivity contribution in [3.63, 3.8) is 0 Å². The van der Waals surface area contributed by atoms with Gasteiger partial charge in [-0.3, -0.25) is 13.8 Å². The molecule has 0 saturated carbocycles. The number of carbonyl (C=O) groups is 1.